The summed E-state index contributed by atoms with van der Waals surface area (Å²) in [5, 5.41) is 8.86. The van der Waals surface area contributed by atoms with Crippen molar-refractivity contribution in [1.82, 2.24) is 9.55 Å². The van der Waals surface area contributed by atoms with Crippen molar-refractivity contribution in [3.63, 3.8) is 0 Å². The zero-order valence-corrected chi connectivity index (χ0v) is 10.3. The second-order valence-corrected chi connectivity index (χ2v) is 4.37. The molecule has 0 unspecified atom stereocenters. The Hall–Kier alpha value is -1.61. The van der Waals surface area contributed by atoms with Crippen LogP contribution in [0.2, 0.25) is 0 Å². The van der Waals surface area contributed by atoms with E-state index in [1.165, 1.54) is 16.7 Å². The molecule has 1 aromatic carbocycles. The lowest BCUT2D eigenvalue weighted by atomic mass is 9.99. The standard InChI is InChI=1S/C14H18N2O/c1-11-4-3-5-12(2)14(11)8-13-9-16(6-7-17)10-15-13/h3-5,9-10,17H,6-8H2,1-2H3. The fourth-order valence-electron chi connectivity index (χ4n) is 2.04. The average Bonchev–Trinajstić information content (AvgIpc) is 2.72. The molecule has 3 heteroatoms. The number of hydrogen-bond acceptors (Lipinski definition) is 2. The molecule has 0 saturated heterocycles. The summed E-state index contributed by atoms with van der Waals surface area (Å²) in [5.74, 6) is 0. The first-order valence-electron chi connectivity index (χ1n) is 5.87. The molecule has 0 aliphatic carbocycles. The molecule has 0 fully saturated rings. The number of nitrogens with zero attached hydrogens (tertiary/aromatic N) is 2. The highest BCUT2D eigenvalue weighted by molar-refractivity contribution is 5.36. The van der Waals surface area contributed by atoms with Gasteiger partial charge in [-0.2, -0.15) is 0 Å². The normalized spacial score (nSPS) is 10.8. The number of aliphatic hydroxyl groups excluding tert-OH is 1. The Balaban J connectivity index is 2.19. The molecule has 0 saturated carbocycles. The highest BCUT2D eigenvalue weighted by Gasteiger charge is 2.05. The van der Waals surface area contributed by atoms with Crippen molar-refractivity contribution < 1.29 is 5.11 Å². The number of rotatable bonds is 4. The van der Waals surface area contributed by atoms with Gasteiger partial charge in [0.15, 0.2) is 0 Å². The summed E-state index contributed by atoms with van der Waals surface area (Å²) in [6.07, 6.45) is 4.64. The number of aryl methyl sites for hydroxylation is 2. The summed E-state index contributed by atoms with van der Waals surface area (Å²) in [4.78, 5) is 4.36. The fourth-order valence-corrected chi connectivity index (χ4v) is 2.04. The summed E-state index contributed by atoms with van der Waals surface area (Å²) < 4.78 is 1.92. The first kappa shape index (κ1) is 11.9. The first-order chi connectivity index (χ1) is 8.20. The third-order valence-electron chi connectivity index (χ3n) is 3.05. The van der Waals surface area contributed by atoms with Gasteiger partial charge in [-0.05, 0) is 30.5 Å². The molecule has 0 spiro atoms. The Bertz CT molecular complexity index is 482. The summed E-state index contributed by atoms with van der Waals surface area (Å²) in [6, 6.07) is 6.35. The number of aliphatic hydroxyl groups is 1. The van der Waals surface area contributed by atoms with Crippen molar-refractivity contribution in [2.75, 3.05) is 6.61 Å². The quantitative estimate of drug-likeness (QED) is 0.873. The molecule has 0 aliphatic rings. The highest BCUT2D eigenvalue weighted by Crippen LogP contribution is 2.16. The Labute approximate surface area is 102 Å². The van der Waals surface area contributed by atoms with Crippen LogP contribution in [0.5, 0.6) is 0 Å². The molecule has 90 valence electrons. The van der Waals surface area contributed by atoms with Crippen LogP contribution in [-0.4, -0.2) is 21.3 Å². The SMILES string of the molecule is Cc1cccc(C)c1Cc1cn(CCO)cn1. The number of imidazole rings is 1. The molecule has 0 aliphatic heterocycles. The smallest absolute Gasteiger partial charge is 0.0950 e. The molecule has 0 amide bonds. The van der Waals surface area contributed by atoms with Crippen LogP contribution in [-0.2, 0) is 13.0 Å². The second-order valence-electron chi connectivity index (χ2n) is 4.37. The van der Waals surface area contributed by atoms with Crippen LogP contribution in [0, 0.1) is 13.8 Å². The lowest BCUT2D eigenvalue weighted by Gasteiger charge is -2.07. The van der Waals surface area contributed by atoms with Crippen LogP contribution in [0.25, 0.3) is 0 Å². The molecule has 1 heterocycles. The fraction of sp³-hybridized carbons (Fsp3) is 0.357. The van der Waals surface area contributed by atoms with Crippen molar-refractivity contribution in [3.05, 3.63) is 53.1 Å². The van der Waals surface area contributed by atoms with Crippen molar-refractivity contribution in [2.45, 2.75) is 26.8 Å². The molecule has 0 radical (unpaired) electrons. The maximum atomic E-state index is 8.86. The molecule has 2 aromatic rings. The largest absolute Gasteiger partial charge is 0.395 e. The minimum absolute atomic E-state index is 0.152. The summed E-state index contributed by atoms with van der Waals surface area (Å²) in [7, 11) is 0. The zero-order chi connectivity index (χ0) is 12.3. The Morgan fingerprint density at radius 1 is 1.24 bits per heavy atom. The van der Waals surface area contributed by atoms with E-state index < -0.39 is 0 Å². The van der Waals surface area contributed by atoms with E-state index in [2.05, 4.69) is 37.0 Å². The molecule has 2 rings (SSSR count). The van der Waals surface area contributed by atoms with E-state index in [0.717, 1.165) is 12.1 Å². The van der Waals surface area contributed by atoms with Gasteiger partial charge < -0.3 is 9.67 Å². The number of aromatic nitrogens is 2. The van der Waals surface area contributed by atoms with Crippen molar-refractivity contribution >= 4 is 0 Å². The van der Waals surface area contributed by atoms with E-state index in [4.69, 9.17) is 5.11 Å². The third-order valence-corrected chi connectivity index (χ3v) is 3.05. The van der Waals surface area contributed by atoms with E-state index in [-0.39, 0.29) is 6.61 Å². The lowest BCUT2D eigenvalue weighted by molar-refractivity contribution is 0.276. The van der Waals surface area contributed by atoms with Gasteiger partial charge in [0, 0.05) is 19.2 Å². The van der Waals surface area contributed by atoms with E-state index >= 15 is 0 Å². The van der Waals surface area contributed by atoms with Crippen LogP contribution in [0.4, 0.5) is 0 Å². The summed E-state index contributed by atoms with van der Waals surface area (Å²) >= 11 is 0. The van der Waals surface area contributed by atoms with Gasteiger partial charge in [-0.15, -0.1) is 0 Å². The Kier molecular flexibility index (Phi) is 3.59. The minimum atomic E-state index is 0.152. The molecule has 3 nitrogen and oxygen atoms in total. The van der Waals surface area contributed by atoms with Crippen molar-refractivity contribution in [1.29, 1.82) is 0 Å². The van der Waals surface area contributed by atoms with Gasteiger partial charge in [0.1, 0.15) is 0 Å². The lowest BCUT2D eigenvalue weighted by Crippen LogP contribution is -1.99. The maximum absolute atomic E-state index is 8.86. The molecule has 0 bridgehead atoms. The van der Waals surface area contributed by atoms with E-state index in [1.54, 1.807) is 6.33 Å². The third kappa shape index (κ3) is 2.74. The molecular formula is C14H18N2O. The predicted molar refractivity (Wildman–Crippen MR) is 68.0 cm³/mol. The Morgan fingerprint density at radius 2 is 1.94 bits per heavy atom. The van der Waals surface area contributed by atoms with Crippen LogP contribution in [0.1, 0.15) is 22.4 Å². The molecule has 17 heavy (non-hydrogen) atoms. The van der Waals surface area contributed by atoms with Crippen molar-refractivity contribution in [3.8, 4) is 0 Å². The topological polar surface area (TPSA) is 38.0 Å². The summed E-state index contributed by atoms with van der Waals surface area (Å²) in [5.41, 5.74) is 5.01. The van der Waals surface area contributed by atoms with Gasteiger partial charge >= 0.3 is 0 Å². The van der Waals surface area contributed by atoms with E-state index in [1.807, 2.05) is 10.8 Å². The minimum Gasteiger partial charge on any atom is -0.395 e. The monoisotopic (exact) mass is 230 g/mol. The molecule has 0 atom stereocenters. The van der Waals surface area contributed by atoms with Gasteiger partial charge in [-0.25, -0.2) is 4.98 Å². The molecular weight excluding hydrogens is 212 g/mol. The number of benzene rings is 1. The van der Waals surface area contributed by atoms with Gasteiger partial charge in [0.25, 0.3) is 0 Å². The van der Waals surface area contributed by atoms with Gasteiger partial charge in [-0.3, -0.25) is 0 Å². The highest BCUT2D eigenvalue weighted by atomic mass is 16.3. The average molecular weight is 230 g/mol. The zero-order valence-electron chi connectivity index (χ0n) is 10.3. The van der Waals surface area contributed by atoms with Gasteiger partial charge in [0.2, 0.25) is 0 Å². The maximum Gasteiger partial charge on any atom is 0.0950 e. The first-order valence-corrected chi connectivity index (χ1v) is 5.87. The van der Waals surface area contributed by atoms with Crippen LogP contribution < -0.4 is 0 Å². The van der Waals surface area contributed by atoms with Gasteiger partial charge in [-0.1, -0.05) is 18.2 Å². The molecule has 1 N–H and O–H groups in total. The van der Waals surface area contributed by atoms with E-state index in [9.17, 15) is 0 Å². The van der Waals surface area contributed by atoms with Crippen LogP contribution in [0.3, 0.4) is 0 Å². The molecule has 1 aromatic heterocycles. The number of hydrogen-bond donors (Lipinski definition) is 1. The summed E-state index contributed by atoms with van der Waals surface area (Å²) in [6.45, 7) is 5.03. The van der Waals surface area contributed by atoms with Crippen LogP contribution >= 0.6 is 0 Å². The van der Waals surface area contributed by atoms with E-state index in [0.29, 0.717) is 6.54 Å². The predicted octanol–water partition coefficient (Wildman–Crippen LogP) is 2.08. The van der Waals surface area contributed by atoms with Gasteiger partial charge in [0.05, 0.1) is 18.6 Å². The van der Waals surface area contributed by atoms with Crippen LogP contribution in [0.15, 0.2) is 30.7 Å². The Morgan fingerprint density at radius 3 is 2.59 bits per heavy atom. The van der Waals surface area contributed by atoms with Crippen molar-refractivity contribution in [2.24, 2.45) is 0 Å². The second kappa shape index (κ2) is 5.15.